The molecule has 1 aromatic rings. The molecule has 53 valence electrons. The van der Waals surface area contributed by atoms with Crippen molar-refractivity contribution in [3.05, 3.63) is 29.3 Å². The van der Waals surface area contributed by atoms with Crippen molar-refractivity contribution in [3.8, 4) is 0 Å². The molecule has 0 aromatic heterocycles. The number of rotatable bonds is 1. The molecular formula is C8H10NO. The van der Waals surface area contributed by atoms with Gasteiger partial charge in [0.25, 0.3) is 0 Å². The highest BCUT2D eigenvalue weighted by Crippen LogP contribution is 2.14. The van der Waals surface area contributed by atoms with Gasteiger partial charge in [0.2, 0.25) is 0 Å². The monoisotopic (exact) mass is 136 g/mol. The summed E-state index contributed by atoms with van der Waals surface area (Å²) in [6.07, 6.45) is 0. The molecule has 0 saturated heterocycles. The normalized spacial score (nSPS) is 9.80. The third kappa shape index (κ3) is 1.28. The van der Waals surface area contributed by atoms with Gasteiger partial charge in [0.1, 0.15) is 0 Å². The minimum absolute atomic E-state index is 0.0412. The van der Waals surface area contributed by atoms with Gasteiger partial charge >= 0.3 is 0 Å². The van der Waals surface area contributed by atoms with Crippen molar-refractivity contribution < 1.29 is 5.11 Å². The molecule has 0 atom stereocenters. The average molecular weight is 136 g/mol. The smallest absolute Gasteiger partial charge is 0.0702 e. The van der Waals surface area contributed by atoms with Crippen LogP contribution in [-0.2, 0) is 6.61 Å². The zero-order chi connectivity index (χ0) is 7.56. The minimum Gasteiger partial charge on any atom is -0.392 e. The molecule has 0 spiro atoms. The number of benzene rings is 1. The van der Waals surface area contributed by atoms with E-state index in [1.54, 1.807) is 6.07 Å². The van der Waals surface area contributed by atoms with Gasteiger partial charge in [-0.3, -0.25) is 0 Å². The van der Waals surface area contributed by atoms with Crippen molar-refractivity contribution in [1.29, 1.82) is 0 Å². The molecule has 2 heteroatoms. The van der Waals surface area contributed by atoms with E-state index >= 15 is 0 Å². The van der Waals surface area contributed by atoms with Crippen LogP contribution in [0.2, 0.25) is 0 Å². The fourth-order valence-corrected chi connectivity index (χ4v) is 0.853. The van der Waals surface area contributed by atoms with Gasteiger partial charge in [-0.2, -0.15) is 0 Å². The van der Waals surface area contributed by atoms with E-state index in [0.717, 1.165) is 5.56 Å². The zero-order valence-corrected chi connectivity index (χ0v) is 5.89. The number of aryl methyl sites for hydroxylation is 1. The summed E-state index contributed by atoms with van der Waals surface area (Å²) in [6, 6.07) is 5.38. The summed E-state index contributed by atoms with van der Waals surface area (Å²) >= 11 is 0. The first-order chi connectivity index (χ1) is 4.74. The molecule has 2 N–H and O–H groups in total. The Kier molecular flexibility index (Phi) is 1.92. The second-order valence-corrected chi connectivity index (χ2v) is 2.32. The molecule has 2 nitrogen and oxygen atoms in total. The topological polar surface area (TPSA) is 44.0 Å². The highest BCUT2D eigenvalue weighted by atomic mass is 16.3. The number of hydrogen-bond donors (Lipinski definition) is 1. The lowest BCUT2D eigenvalue weighted by Crippen LogP contribution is -1.86. The SMILES string of the molecule is Cc1ccc([NH])c(CO)c1. The molecule has 1 rings (SSSR count). The molecule has 0 aliphatic heterocycles. The maximum atomic E-state index is 8.72. The van der Waals surface area contributed by atoms with Gasteiger partial charge in [-0.05, 0) is 13.0 Å². The average Bonchev–Trinajstić information content (AvgIpc) is 1.94. The fourth-order valence-electron chi connectivity index (χ4n) is 0.853. The predicted octanol–water partition coefficient (Wildman–Crippen LogP) is 1.40. The first kappa shape index (κ1) is 7.09. The maximum absolute atomic E-state index is 8.72. The van der Waals surface area contributed by atoms with Crippen LogP contribution in [0.25, 0.3) is 0 Å². The second kappa shape index (κ2) is 2.71. The Bertz CT molecular complexity index is 233. The van der Waals surface area contributed by atoms with Crippen LogP contribution in [0.4, 0.5) is 5.69 Å². The Morgan fingerprint density at radius 2 is 2.20 bits per heavy atom. The summed E-state index contributed by atoms with van der Waals surface area (Å²) in [5.74, 6) is 0. The Balaban J connectivity index is 3.09. The van der Waals surface area contributed by atoms with E-state index in [2.05, 4.69) is 0 Å². The quantitative estimate of drug-likeness (QED) is 0.623. The van der Waals surface area contributed by atoms with Crippen LogP contribution in [0.1, 0.15) is 11.1 Å². The molecule has 1 aromatic carbocycles. The number of aliphatic hydroxyl groups excluding tert-OH is 1. The summed E-state index contributed by atoms with van der Waals surface area (Å²) in [4.78, 5) is 0. The number of nitrogens with one attached hydrogen (secondary N) is 1. The van der Waals surface area contributed by atoms with Gasteiger partial charge in [-0.25, -0.2) is 0 Å². The van der Waals surface area contributed by atoms with Crippen molar-refractivity contribution in [2.75, 3.05) is 0 Å². The van der Waals surface area contributed by atoms with Gasteiger partial charge in [0.15, 0.2) is 0 Å². The largest absolute Gasteiger partial charge is 0.392 e. The summed E-state index contributed by atoms with van der Waals surface area (Å²) in [5, 5.41) is 8.72. The Morgan fingerprint density at radius 1 is 1.50 bits per heavy atom. The molecule has 1 radical (unpaired) electrons. The van der Waals surface area contributed by atoms with Gasteiger partial charge in [0, 0.05) is 5.56 Å². The molecule has 0 unspecified atom stereocenters. The third-order valence-electron chi connectivity index (χ3n) is 1.43. The van der Waals surface area contributed by atoms with E-state index in [4.69, 9.17) is 10.8 Å². The van der Waals surface area contributed by atoms with E-state index in [-0.39, 0.29) is 6.61 Å². The van der Waals surface area contributed by atoms with Crippen LogP contribution in [0.5, 0.6) is 0 Å². The number of hydrogen-bond acceptors (Lipinski definition) is 1. The van der Waals surface area contributed by atoms with Crippen molar-refractivity contribution in [1.82, 2.24) is 5.73 Å². The zero-order valence-electron chi connectivity index (χ0n) is 5.89. The highest BCUT2D eigenvalue weighted by Gasteiger charge is 1.96. The van der Waals surface area contributed by atoms with E-state index in [1.165, 1.54) is 0 Å². The summed E-state index contributed by atoms with van der Waals surface area (Å²) in [5.41, 5.74) is 9.50. The van der Waals surface area contributed by atoms with Gasteiger partial charge in [0.05, 0.1) is 12.3 Å². The van der Waals surface area contributed by atoms with E-state index in [1.807, 2.05) is 19.1 Å². The van der Waals surface area contributed by atoms with Gasteiger partial charge in [-0.15, -0.1) is 0 Å². The summed E-state index contributed by atoms with van der Waals surface area (Å²) < 4.78 is 0. The highest BCUT2D eigenvalue weighted by molar-refractivity contribution is 5.44. The predicted molar refractivity (Wildman–Crippen MR) is 39.9 cm³/mol. The third-order valence-corrected chi connectivity index (χ3v) is 1.43. The molecule has 0 heterocycles. The van der Waals surface area contributed by atoms with Crippen molar-refractivity contribution in [2.24, 2.45) is 0 Å². The molecule has 0 saturated carbocycles. The van der Waals surface area contributed by atoms with Gasteiger partial charge < -0.3 is 10.8 Å². The Hall–Kier alpha value is -1.02. The van der Waals surface area contributed by atoms with Crippen molar-refractivity contribution in [3.63, 3.8) is 0 Å². The van der Waals surface area contributed by atoms with Crippen molar-refractivity contribution in [2.45, 2.75) is 13.5 Å². The van der Waals surface area contributed by atoms with Crippen LogP contribution >= 0.6 is 0 Å². The molecule has 10 heavy (non-hydrogen) atoms. The Labute approximate surface area is 60.3 Å². The van der Waals surface area contributed by atoms with E-state index < -0.39 is 0 Å². The summed E-state index contributed by atoms with van der Waals surface area (Å²) in [6.45, 7) is 1.90. The van der Waals surface area contributed by atoms with Crippen LogP contribution in [0.15, 0.2) is 18.2 Å². The van der Waals surface area contributed by atoms with Crippen LogP contribution in [-0.4, -0.2) is 5.11 Å². The molecule has 0 aliphatic carbocycles. The standard InChI is InChI=1S/C8H10NO/c1-6-2-3-8(9)7(4-6)5-10/h2-4,9-10H,5H2,1H3. The summed E-state index contributed by atoms with van der Waals surface area (Å²) in [7, 11) is 0. The van der Waals surface area contributed by atoms with Crippen LogP contribution in [0.3, 0.4) is 0 Å². The van der Waals surface area contributed by atoms with Gasteiger partial charge in [-0.1, -0.05) is 17.7 Å². The Morgan fingerprint density at radius 3 is 2.70 bits per heavy atom. The molecule has 0 fully saturated rings. The lowest BCUT2D eigenvalue weighted by atomic mass is 10.1. The van der Waals surface area contributed by atoms with E-state index in [9.17, 15) is 0 Å². The van der Waals surface area contributed by atoms with Crippen LogP contribution in [0, 0.1) is 6.92 Å². The fraction of sp³-hybridized carbons (Fsp3) is 0.250. The maximum Gasteiger partial charge on any atom is 0.0702 e. The van der Waals surface area contributed by atoms with Crippen LogP contribution < -0.4 is 5.73 Å². The molecule has 0 bridgehead atoms. The lowest BCUT2D eigenvalue weighted by molar-refractivity contribution is 0.282. The molecule has 0 aliphatic rings. The first-order valence-corrected chi connectivity index (χ1v) is 3.16. The first-order valence-electron chi connectivity index (χ1n) is 3.16. The molecular weight excluding hydrogens is 126 g/mol. The number of aliphatic hydroxyl groups is 1. The second-order valence-electron chi connectivity index (χ2n) is 2.32. The lowest BCUT2D eigenvalue weighted by Gasteiger charge is -2.00. The molecule has 0 amide bonds. The minimum atomic E-state index is -0.0412. The van der Waals surface area contributed by atoms with E-state index in [0.29, 0.717) is 11.3 Å². The van der Waals surface area contributed by atoms with Crippen molar-refractivity contribution >= 4 is 5.69 Å².